The van der Waals surface area contributed by atoms with Gasteiger partial charge in [-0.05, 0) is 55.0 Å². The lowest BCUT2D eigenvalue weighted by Crippen LogP contribution is -2.15. The van der Waals surface area contributed by atoms with Crippen molar-refractivity contribution in [2.45, 2.75) is 6.92 Å². The summed E-state index contributed by atoms with van der Waals surface area (Å²) in [5, 5.41) is 2.77. The summed E-state index contributed by atoms with van der Waals surface area (Å²) in [5.74, 6) is -1.08. The van der Waals surface area contributed by atoms with Gasteiger partial charge in [0.05, 0.1) is 5.56 Å². The third-order valence-corrected chi connectivity index (χ3v) is 4.20. The molecule has 3 aromatic rings. The second kappa shape index (κ2) is 8.77. The molecule has 0 aromatic heterocycles. The van der Waals surface area contributed by atoms with Crippen molar-refractivity contribution in [3.63, 3.8) is 0 Å². The van der Waals surface area contributed by atoms with Crippen molar-refractivity contribution in [3.8, 4) is 0 Å². The number of amides is 1. The van der Waals surface area contributed by atoms with Gasteiger partial charge in [0.1, 0.15) is 0 Å². The Bertz CT molecular complexity index is 995. The number of carbonyl (C=O) groups is 3. The van der Waals surface area contributed by atoms with Crippen molar-refractivity contribution >= 4 is 23.3 Å². The molecule has 0 heterocycles. The molecule has 0 atom stereocenters. The third kappa shape index (κ3) is 4.71. The summed E-state index contributed by atoms with van der Waals surface area (Å²) in [6.45, 7) is 1.46. The van der Waals surface area contributed by atoms with E-state index in [9.17, 15) is 14.4 Å². The van der Waals surface area contributed by atoms with Gasteiger partial charge in [-0.2, -0.15) is 0 Å². The van der Waals surface area contributed by atoms with Gasteiger partial charge in [-0.25, -0.2) is 4.79 Å². The van der Waals surface area contributed by atoms with Crippen LogP contribution >= 0.6 is 0 Å². The molecule has 5 heteroatoms. The van der Waals surface area contributed by atoms with Crippen molar-refractivity contribution in [1.29, 1.82) is 0 Å². The Balaban J connectivity index is 1.57. The predicted octanol–water partition coefficient (Wildman–Crippen LogP) is 4.29. The SMILES string of the molecule is Cc1ccccc1C(=O)OCC(=O)c1ccc(NC(=O)c2ccccc2)cc1. The average Bonchev–Trinajstić information content (AvgIpc) is 2.73. The number of anilines is 1. The van der Waals surface area contributed by atoms with E-state index in [-0.39, 0.29) is 18.3 Å². The number of aryl methyl sites for hydroxylation is 1. The summed E-state index contributed by atoms with van der Waals surface area (Å²) in [7, 11) is 0. The van der Waals surface area contributed by atoms with Crippen LogP contribution in [0, 0.1) is 6.92 Å². The third-order valence-electron chi connectivity index (χ3n) is 4.20. The highest BCUT2D eigenvalue weighted by molar-refractivity contribution is 6.05. The molecule has 5 nitrogen and oxygen atoms in total. The van der Waals surface area contributed by atoms with Gasteiger partial charge in [0.15, 0.2) is 12.4 Å². The number of esters is 1. The summed E-state index contributed by atoms with van der Waals surface area (Å²) in [5.41, 5.74) is 2.75. The molecule has 0 aliphatic carbocycles. The van der Waals surface area contributed by atoms with Crippen LogP contribution in [0.25, 0.3) is 0 Å². The predicted molar refractivity (Wildman–Crippen MR) is 107 cm³/mol. The van der Waals surface area contributed by atoms with Crippen LogP contribution in [-0.2, 0) is 4.74 Å². The van der Waals surface area contributed by atoms with E-state index < -0.39 is 5.97 Å². The molecule has 0 unspecified atom stereocenters. The maximum atomic E-state index is 12.3. The van der Waals surface area contributed by atoms with Crippen LogP contribution in [0.3, 0.4) is 0 Å². The molecule has 140 valence electrons. The molecule has 3 aromatic carbocycles. The number of nitrogens with one attached hydrogen (secondary N) is 1. The molecule has 0 aliphatic heterocycles. The van der Waals surface area contributed by atoms with Crippen LogP contribution in [0.2, 0.25) is 0 Å². The van der Waals surface area contributed by atoms with Crippen LogP contribution in [0.5, 0.6) is 0 Å². The molecule has 0 spiro atoms. The lowest BCUT2D eigenvalue weighted by Gasteiger charge is -2.08. The monoisotopic (exact) mass is 373 g/mol. The highest BCUT2D eigenvalue weighted by atomic mass is 16.5. The Labute approximate surface area is 163 Å². The number of rotatable bonds is 6. The van der Waals surface area contributed by atoms with E-state index >= 15 is 0 Å². The van der Waals surface area contributed by atoms with Gasteiger partial charge in [0.2, 0.25) is 0 Å². The number of Topliss-reactive ketones (excluding diaryl/α,β-unsaturated/α-hetero) is 1. The molecule has 0 radical (unpaired) electrons. The van der Waals surface area contributed by atoms with Gasteiger partial charge in [-0.3, -0.25) is 9.59 Å². The van der Waals surface area contributed by atoms with Crippen LogP contribution in [0.1, 0.15) is 36.6 Å². The molecule has 0 aliphatic rings. The van der Waals surface area contributed by atoms with Crippen molar-refractivity contribution in [3.05, 3.63) is 101 Å². The number of hydrogen-bond acceptors (Lipinski definition) is 4. The molecule has 0 fully saturated rings. The van der Waals surface area contributed by atoms with Crippen LogP contribution in [0.4, 0.5) is 5.69 Å². The summed E-state index contributed by atoms with van der Waals surface area (Å²) in [6.07, 6.45) is 0. The van der Waals surface area contributed by atoms with Gasteiger partial charge in [0, 0.05) is 16.8 Å². The quantitative estimate of drug-likeness (QED) is 0.517. The Morgan fingerprint density at radius 1 is 0.786 bits per heavy atom. The summed E-state index contributed by atoms with van der Waals surface area (Å²) in [4.78, 5) is 36.5. The molecule has 3 rings (SSSR count). The molecule has 0 saturated heterocycles. The molecule has 0 bridgehead atoms. The highest BCUT2D eigenvalue weighted by Gasteiger charge is 2.13. The van der Waals surface area contributed by atoms with E-state index in [4.69, 9.17) is 4.74 Å². The van der Waals surface area contributed by atoms with Gasteiger partial charge >= 0.3 is 5.97 Å². The molecule has 1 amide bonds. The zero-order chi connectivity index (χ0) is 19.9. The first-order valence-corrected chi connectivity index (χ1v) is 8.77. The topological polar surface area (TPSA) is 72.5 Å². The largest absolute Gasteiger partial charge is 0.454 e. The molecule has 0 saturated carbocycles. The Morgan fingerprint density at radius 2 is 1.43 bits per heavy atom. The first-order valence-electron chi connectivity index (χ1n) is 8.77. The van der Waals surface area contributed by atoms with E-state index in [2.05, 4.69) is 5.32 Å². The van der Waals surface area contributed by atoms with E-state index in [1.54, 1.807) is 73.7 Å². The number of ether oxygens (including phenoxy) is 1. The van der Waals surface area contributed by atoms with Crippen molar-refractivity contribution in [2.75, 3.05) is 11.9 Å². The maximum absolute atomic E-state index is 12.3. The fraction of sp³-hybridized carbons (Fsp3) is 0.0870. The lowest BCUT2D eigenvalue weighted by atomic mass is 10.1. The average molecular weight is 373 g/mol. The minimum atomic E-state index is -0.529. The van der Waals surface area contributed by atoms with E-state index in [1.807, 2.05) is 12.1 Å². The lowest BCUT2D eigenvalue weighted by molar-refractivity contribution is 0.0474. The van der Waals surface area contributed by atoms with Crippen LogP contribution < -0.4 is 5.32 Å². The smallest absolute Gasteiger partial charge is 0.338 e. The molecule has 28 heavy (non-hydrogen) atoms. The molecule has 1 N–H and O–H groups in total. The van der Waals surface area contributed by atoms with Gasteiger partial charge < -0.3 is 10.1 Å². The number of carbonyl (C=O) groups excluding carboxylic acids is 3. The second-order valence-corrected chi connectivity index (χ2v) is 6.21. The first kappa shape index (κ1) is 19.0. The second-order valence-electron chi connectivity index (χ2n) is 6.21. The summed E-state index contributed by atoms with van der Waals surface area (Å²) >= 11 is 0. The standard InChI is InChI=1S/C23H19NO4/c1-16-7-5-6-10-20(16)23(27)28-15-21(25)17-11-13-19(14-12-17)24-22(26)18-8-3-2-4-9-18/h2-14H,15H2,1H3,(H,24,26). The molecular formula is C23H19NO4. The zero-order valence-corrected chi connectivity index (χ0v) is 15.3. The Hall–Kier alpha value is -3.73. The fourth-order valence-corrected chi connectivity index (χ4v) is 2.63. The van der Waals surface area contributed by atoms with Crippen LogP contribution in [0.15, 0.2) is 78.9 Å². The summed E-state index contributed by atoms with van der Waals surface area (Å²) < 4.78 is 5.12. The van der Waals surface area contributed by atoms with Crippen molar-refractivity contribution in [1.82, 2.24) is 0 Å². The highest BCUT2D eigenvalue weighted by Crippen LogP contribution is 2.13. The number of benzene rings is 3. The van der Waals surface area contributed by atoms with Gasteiger partial charge in [-0.1, -0.05) is 36.4 Å². The normalized spacial score (nSPS) is 10.2. The minimum absolute atomic E-state index is 0.230. The fourth-order valence-electron chi connectivity index (χ4n) is 2.63. The van der Waals surface area contributed by atoms with E-state index in [1.165, 1.54) is 0 Å². The van der Waals surface area contributed by atoms with Crippen LogP contribution in [-0.4, -0.2) is 24.3 Å². The Morgan fingerprint density at radius 3 is 2.11 bits per heavy atom. The Kier molecular flexibility index (Phi) is 5.97. The number of hydrogen-bond donors (Lipinski definition) is 1. The van der Waals surface area contributed by atoms with E-state index in [0.29, 0.717) is 22.4 Å². The van der Waals surface area contributed by atoms with E-state index in [0.717, 1.165) is 5.56 Å². The van der Waals surface area contributed by atoms with Crippen molar-refractivity contribution in [2.24, 2.45) is 0 Å². The van der Waals surface area contributed by atoms with Gasteiger partial charge in [-0.15, -0.1) is 0 Å². The first-order chi connectivity index (χ1) is 13.5. The molecular weight excluding hydrogens is 354 g/mol. The minimum Gasteiger partial charge on any atom is -0.454 e. The summed E-state index contributed by atoms with van der Waals surface area (Å²) in [6, 6.07) is 22.3. The zero-order valence-electron chi connectivity index (χ0n) is 15.3. The van der Waals surface area contributed by atoms with Crippen molar-refractivity contribution < 1.29 is 19.1 Å². The maximum Gasteiger partial charge on any atom is 0.338 e. The number of ketones is 1. The van der Waals surface area contributed by atoms with Gasteiger partial charge in [0.25, 0.3) is 5.91 Å².